The van der Waals surface area contributed by atoms with E-state index >= 15 is 0 Å². The van der Waals surface area contributed by atoms with Gasteiger partial charge in [-0.3, -0.25) is 0 Å². The fourth-order valence-corrected chi connectivity index (χ4v) is 0.819. The molecule has 0 fully saturated rings. The van der Waals surface area contributed by atoms with Crippen molar-refractivity contribution >= 4 is 5.97 Å². The summed E-state index contributed by atoms with van der Waals surface area (Å²) in [6.45, 7) is 3.39. The van der Waals surface area contributed by atoms with Gasteiger partial charge in [0.25, 0.3) is 0 Å². The van der Waals surface area contributed by atoms with E-state index in [9.17, 15) is 4.79 Å². The van der Waals surface area contributed by atoms with Crippen molar-refractivity contribution in [3.05, 3.63) is 30.3 Å². The molecule has 0 aliphatic heterocycles. The van der Waals surface area contributed by atoms with Crippen LogP contribution in [-0.4, -0.2) is 30.9 Å². The normalized spacial score (nSPS) is 10.8. The minimum absolute atomic E-state index is 0.323. The number of aliphatic hydroxyl groups is 1. The van der Waals surface area contributed by atoms with Crippen LogP contribution in [0.1, 0.15) is 13.8 Å². The first-order chi connectivity index (χ1) is 7.61. The van der Waals surface area contributed by atoms with Crippen molar-refractivity contribution < 1.29 is 19.4 Å². The molecule has 0 heterocycles. The van der Waals surface area contributed by atoms with E-state index in [-0.39, 0.29) is 0 Å². The molecule has 1 aromatic rings. The van der Waals surface area contributed by atoms with Crippen molar-refractivity contribution in [2.45, 2.75) is 20.0 Å². The molecule has 90 valence electrons. The largest absolute Gasteiger partial charge is 0.497 e. The lowest BCUT2D eigenvalue weighted by Gasteiger charge is -2.01. The molecule has 4 nitrogen and oxygen atoms in total. The van der Waals surface area contributed by atoms with Crippen molar-refractivity contribution in [1.29, 1.82) is 0 Å². The lowest BCUT2D eigenvalue weighted by atomic mass is 10.3. The second kappa shape index (κ2) is 8.73. The summed E-state index contributed by atoms with van der Waals surface area (Å²) in [7, 11) is 1.66. The fourth-order valence-electron chi connectivity index (χ4n) is 0.819. The Morgan fingerprint density at radius 2 is 1.94 bits per heavy atom. The Balaban J connectivity index is 0.000000281. The van der Waals surface area contributed by atoms with Crippen molar-refractivity contribution in [3.8, 4) is 5.75 Å². The first kappa shape index (κ1) is 14.5. The number of aliphatic hydroxyl groups excluding tert-OH is 1. The van der Waals surface area contributed by atoms with Gasteiger partial charge in [-0.25, -0.2) is 4.79 Å². The van der Waals surface area contributed by atoms with E-state index < -0.39 is 12.1 Å². The molecular weight excluding hydrogens is 208 g/mol. The molecule has 0 saturated heterocycles. The summed E-state index contributed by atoms with van der Waals surface area (Å²) in [4.78, 5) is 10.3. The number of benzene rings is 1. The van der Waals surface area contributed by atoms with Crippen molar-refractivity contribution in [1.82, 2.24) is 0 Å². The maximum Gasteiger partial charge on any atom is 0.334 e. The van der Waals surface area contributed by atoms with Gasteiger partial charge in [-0.2, -0.15) is 0 Å². The molecule has 0 aliphatic rings. The van der Waals surface area contributed by atoms with Crippen molar-refractivity contribution in [2.24, 2.45) is 0 Å². The van der Waals surface area contributed by atoms with Gasteiger partial charge in [-0.15, -0.1) is 0 Å². The van der Waals surface area contributed by atoms with Crippen LogP contribution < -0.4 is 4.74 Å². The molecule has 0 aliphatic carbocycles. The molecule has 1 atom stereocenters. The zero-order valence-electron chi connectivity index (χ0n) is 9.84. The van der Waals surface area contributed by atoms with E-state index in [4.69, 9.17) is 9.84 Å². The third-order valence-corrected chi connectivity index (χ3v) is 1.61. The summed E-state index contributed by atoms with van der Waals surface area (Å²) in [5.74, 6) is 0.347. The first-order valence-electron chi connectivity index (χ1n) is 5.05. The molecular formula is C12H18O4. The monoisotopic (exact) mass is 226 g/mol. The molecule has 16 heavy (non-hydrogen) atoms. The summed E-state index contributed by atoms with van der Waals surface area (Å²) in [6.07, 6.45) is -0.991. The minimum Gasteiger partial charge on any atom is -0.497 e. The molecule has 1 aromatic carbocycles. The fraction of sp³-hybridized carbons (Fsp3) is 0.417. The van der Waals surface area contributed by atoms with Gasteiger partial charge in [0.05, 0.1) is 13.7 Å². The summed E-state index contributed by atoms with van der Waals surface area (Å²) >= 11 is 0. The second-order valence-corrected chi connectivity index (χ2v) is 2.95. The second-order valence-electron chi connectivity index (χ2n) is 2.95. The van der Waals surface area contributed by atoms with Gasteiger partial charge in [0, 0.05) is 0 Å². The number of rotatable bonds is 3. The van der Waals surface area contributed by atoms with Crippen molar-refractivity contribution in [2.75, 3.05) is 13.7 Å². The van der Waals surface area contributed by atoms with E-state index in [2.05, 4.69) is 4.74 Å². The molecule has 1 N–H and O–H groups in total. The molecule has 0 saturated carbocycles. The average Bonchev–Trinajstić information content (AvgIpc) is 2.31. The third kappa shape index (κ3) is 6.84. The number of carbonyl (C=O) groups excluding carboxylic acids is 1. The van der Waals surface area contributed by atoms with Gasteiger partial charge >= 0.3 is 5.97 Å². The van der Waals surface area contributed by atoms with E-state index in [1.54, 1.807) is 14.0 Å². The number of methoxy groups -OCH3 is 1. The number of para-hydroxylation sites is 1. The highest BCUT2D eigenvalue weighted by Gasteiger charge is 2.07. The predicted octanol–water partition coefficient (Wildman–Crippen LogP) is 1.63. The zero-order chi connectivity index (χ0) is 12.4. The Morgan fingerprint density at radius 1 is 1.38 bits per heavy atom. The van der Waals surface area contributed by atoms with Crippen LogP contribution >= 0.6 is 0 Å². The smallest absolute Gasteiger partial charge is 0.334 e. The van der Waals surface area contributed by atoms with Crippen LogP contribution in [0.5, 0.6) is 5.75 Å². The topological polar surface area (TPSA) is 55.8 Å². The van der Waals surface area contributed by atoms with Crippen LogP contribution in [0.2, 0.25) is 0 Å². The third-order valence-electron chi connectivity index (χ3n) is 1.61. The highest BCUT2D eigenvalue weighted by Crippen LogP contribution is 2.05. The Hall–Kier alpha value is -1.55. The van der Waals surface area contributed by atoms with E-state index in [1.165, 1.54) is 6.92 Å². The molecule has 4 heteroatoms. The number of esters is 1. The Labute approximate surface area is 95.8 Å². The Morgan fingerprint density at radius 3 is 2.19 bits per heavy atom. The summed E-state index contributed by atoms with van der Waals surface area (Å²) in [5, 5.41) is 8.48. The average molecular weight is 226 g/mol. The summed E-state index contributed by atoms with van der Waals surface area (Å²) in [6, 6.07) is 9.68. The van der Waals surface area contributed by atoms with Gasteiger partial charge in [0.15, 0.2) is 0 Å². The lowest BCUT2D eigenvalue weighted by molar-refractivity contribution is -0.151. The summed E-state index contributed by atoms with van der Waals surface area (Å²) in [5.41, 5.74) is 0. The minimum atomic E-state index is -0.991. The first-order valence-corrected chi connectivity index (χ1v) is 5.05. The van der Waals surface area contributed by atoms with Crippen LogP contribution in [-0.2, 0) is 9.53 Å². The van der Waals surface area contributed by atoms with Gasteiger partial charge in [0.2, 0.25) is 0 Å². The highest BCUT2D eigenvalue weighted by atomic mass is 16.5. The zero-order valence-corrected chi connectivity index (χ0v) is 9.84. The molecule has 0 amide bonds. The van der Waals surface area contributed by atoms with Gasteiger partial charge in [0.1, 0.15) is 11.9 Å². The lowest BCUT2D eigenvalue weighted by Crippen LogP contribution is -2.18. The van der Waals surface area contributed by atoms with E-state index in [0.717, 1.165) is 5.75 Å². The maximum absolute atomic E-state index is 10.3. The van der Waals surface area contributed by atoms with Crippen LogP contribution in [0.25, 0.3) is 0 Å². The standard InChI is InChI=1S/C7H8O.C5H10O3/c1-8-7-5-3-2-4-6-7;1-3-8-5(7)4(2)6/h2-6H,1H3;4,6H,3H2,1-2H3. The van der Waals surface area contributed by atoms with E-state index in [0.29, 0.717) is 6.61 Å². The van der Waals surface area contributed by atoms with E-state index in [1.807, 2.05) is 30.3 Å². The number of hydrogen-bond donors (Lipinski definition) is 1. The Kier molecular flexibility index (Phi) is 7.89. The van der Waals surface area contributed by atoms with Crippen molar-refractivity contribution in [3.63, 3.8) is 0 Å². The molecule has 0 radical (unpaired) electrons. The van der Waals surface area contributed by atoms with Crippen LogP contribution in [0.15, 0.2) is 30.3 Å². The molecule has 1 unspecified atom stereocenters. The van der Waals surface area contributed by atoms with Gasteiger partial charge in [-0.05, 0) is 26.0 Å². The van der Waals surface area contributed by atoms with Gasteiger partial charge < -0.3 is 14.6 Å². The predicted molar refractivity (Wildman–Crippen MR) is 61.3 cm³/mol. The van der Waals surface area contributed by atoms with Crippen LogP contribution in [0.4, 0.5) is 0 Å². The molecule has 1 rings (SSSR count). The molecule has 0 bridgehead atoms. The number of carbonyl (C=O) groups is 1. The van der Waals surface area contributed by atoms with Crippen LogP contribution in [0.3, 0.4) is 0 Å². The summed E-state index contributed by atoms with van der Waals surface area (Å²) < 4.78 is 9.33. The van der Waals surface area contributed by atoms with Gasteiger partial charge in [-0.1, -0.05) is 18.2 Å². The van der Waals surface area contributed by atoms with Crippen LogP contribution in [0, 0.1) is 0 Å². The maximum atomic E-state index is 10.3. The molecule has 0 aromatic heterocycles. The SMILES string of the molecule is CCOC(=O)C(C)O.COc1ccccc1. The Bertz CT molecular complexity index is 282. The number of ether oxygens (including phenoxy) is 2. The number of hydrogen-bond acceptors (Lipinski definition) is 4. The highest BCUT2D eigenvalue weighted by molar-refractivity contribution is 5.73. The quantitative estimate of drug-likeness (QED) is 0.796. The molecule has 0 spiro atoms.